The molecule has 1 saturated carbocycles. The number of unbranched alkanes of at least 4 members (excludes halogenated alkanes) is 1. The van der Waals surface area contributed by atoms with Crippen molar-refractivity contribution in [1.29, 1.82) is 0 Å². The van der Waals surface area contributed by atoms with Crippen molar-refractivity contribution in [3.63, 3.8) is 0 Å². The van der Waals surface area contributed by atoms with Crippen LogP contribution in [0.15, 0.2) is 0 Å². The van der Waals surface area contributed by atoms with E-state index in [1.165, 1.54) is 12.8 Å². The van der Waals surface area contributed by atoms with Crippen LogP contribution in [-0.4, -0.2) is 43.8 Å². The number of carbonyl (C=O) groups excluding carboxylic acids is 1. The fourth-order valence-electron chi connectivity index (χ4n) is 1.99. The molecule has 0 aliphatic heterocycles. The lowest BCUT2D eigenvalue weighted by Crippen LogP contribution is -2.47. The van der Waals surface area contributed by atoms with E-state index in [4.69, 9.17) is 4.74 Å². The summed E-state index contributed by atoms with van der Waals surface area (Å²) < 4.78 is 5.08. The second-order valence-corrected chi connectivity index (χ2v) is 4.85. The van der Waals surface area contributed by atoms with Crippen LogP contribution in [0.3, 0.4) is 0 Å². The molecule has 1 unspecified atom stereocenters. The second kappa shape index (κ2) is 7.54. The van der Waals surface area contributed by atoms with Crippen LogP contribution in [0.2, 0.25) is 0 Å². The third-order valence-corrected chi connectivity index (χ3v) is 3.40. The van der Waals surface area contributed by atoms with Crippen molar-refractivity contribution in [1.82, 2.24) is 10.2 Å². The Balaban J connectivity index is 2.39. The first kappa shape index (κ1) is 14.3. The molecule has 1 atom stereocenters. The molecule has 0 heterocycles. The number of nitrogens with one attached hydrogen (secondary N) is 1. The predicted octanol–water partition coefficient (Wildman–Crippen LogP) is 2.24. The minimum absolute atomic E-state index is 0.0647. The molecule has 0 saturated heterocycles. The third kappa shape index (κ3) is 4.94. The van der Waals surface area contributed by atoms with Gasteiger partial charge in [0, 0.05) is 26.2 Å². The maximum atomic E-state index is 12.1. The molecule has 0 aromatic carbocycles. The molecule has 1 rings (SSSR count). The first-order valence-electron chi connectivity index (χ1n) is 6.74. The number of hydrogen-bond acceptors (Lipinski definition) is 2. The quantitative estimate of drug-likeness (QED) is 0.663. The van der Waals surface area contributed by atoms with Gasteiger partial charge in [0.05, 0.1) is 6.61 Å². The summed E-state index contributed by atoms with van der Waals surface area (Å²) in [6.07, 6.45) is 4.66. The maximum Gasteiger partial charge on any atom is 0.317 e. The lowest BCUT2D eigenvalue weighted by Gasteiger charge is -2.29. The highest BCUT2D eigenvalue weighted by molar-refractivity contribution is 5.74. The van der Waals surface area contributed by atoms with Crippen LogP contribution < -0.4 is 5.32 Å². The van der Waals surface area contributed by atoms with Crippen LogP contribution >= 0.6 is 0 Å². The fourth-order valence-corrected chi connectivity index (χ4v) is 1.99. The monoisotopic (exact) mass is 242 g/mol. The van der Waals surface area contributed by atoms with Crippen molar-refractivity contribution in [2.45, 2.75) is 45.6 Å². The predicted molar refractivity (Wildman–Crippen MR) is 69.1 cm³/mol. The molecule has 1 N–H and O–H groups in total. The summed E-state index contributed by atoms with van der Waals surface area (Å²) in [7, 11) is 1.68. The largest absolute Gasteiger partial charge is 0.383 e. The van der Waals surface area contributed by atoms with Gasteiger partial charge in [-0.05, 0) is 32.1 Å². The first-order valence-corrected chi connectivity index (χ1v) is 6.74. The van der Waals surface area contributed by atoms with Crippen LogP contribution in [0.25, 0.3) is 0 Å². The topological polar surface area (TPSA) is 41.6 Å². The van der Waals surface area contributed by atoms with Crippen LogP contribution in [0.1, 0.15) is 39.5 Å². The fraction of sp³-hybridized carbons (Fsp3) is 0.923. The van der Waals surface area contributed by atoms with E-state index in [1.807, 2.05) is 4.90 Å². The Morgan fingerprint density at radius 3 is 2.76 bits per heavy atom. The summed E-state index contributed by atoms with van der Waals surface area (Å²) >= 11 is 0. The average molecular weight is 242 g/mol. The Morgan fingerprint density at radius 1 is 1.53 bits per heavy atom. The molecule has 2 amide bonds. The molecular weight excluding hydrogens is 216 g/mol. The Morgan fingerprint density at radius 2 is 2.24 bits per heavy atom. The summed E-state index contributed by atoms with van der Waals surface area (Å²) in [5, 5.41) is 2.99. The number of methoxy groups -OCH3 is 1. The third-order valence-electron chi connectivity index (χ3n) is 3.40. The van der Waals surface area contributed by atoms with Gasteiger partial charge >= 0.3 is 6.03 Å². The standard InChI is InChI=1S/C13H26N2O2/c1-4-5-8-14-13(16)15(9-10-17-3)11(2)12-6-7-12/h11-12H,4-10H2,1-3H3,(H,14,16). The highest BCUT2D eigenvalue weighted by Gasteiger charge is 2.33. The Bertz CT molecular complexity index is 229. The summed E-state index contributed by atoms with van der Waals surface area (Å²) in [5.74, 6) is 0.698. The lowest BCUT2D eigenvalue weighted by atomic mass is 10.2. The molecule has 0 aromatic rings. The van der Waals surface area contributed by atoms with Crippen molar-refractivity contribution in [3.8, 4) is 0 Å². The molecule has 0 bridgehead atoms. The summed E-state index contributed by atoms with van der Waals surface area (Å²) in [6.45, 7) is 6.34. The van der Waals surface area contributed by atoms with E-state index in [-0.39, 0.29) is 6.03 Å². The number of urea groups is 1. The van der Waals surface area contributed by atoms with Crippen molar-refractivity contribution in [2.75, 3.05) is 26.8 Å². The van der Waals surface area contributed by atoms with Gasteiger partial charge in [-0.2, -0.15) is 0 Å². The Kier molecular flexibility index (Phi) is 6.34. The Hall–Kier alpha value is -0.770. The van der Waals surface area contributed by atoms with Gasteiger partial charge in [-0.25, -0.2) is 4.79 Å². The van der Waals surface area contributed by atoms with Gasteiger partial charge < -0.3 is 15.0 Å². The number of carbonyl (C=O) groups is 1. The average Bonchev–Trinajstić information content (AvgIpc) is 3.13. The molecule has 17 heavy (non-hydrogen) atoms. The van der Waals surface area contributed by atoms with Gasteiger partial charge in [-0.1, -0.05) is 13.3 Å². The smallest absolute Gasteiger partial charge is 0.317 e. The van der Waals surface area contributed by atoms with E-state index < -0.39 is 0 Å². The minimum atomic E-state index is 0.0647. The molecule has 4 heteroatoms. The SMILES string of the molecule is CCCCNC(=O)N(CCOC)C(C)C1CC1. The number of hydrogen-bond donors (Lipinski definition) is 1. The molecule has 0 spiro atoms. The van der Waals surface area contributed by atoms with Crippen LogP contribution in [0, 0.1) is 5.92 Å². The number of amides is 2. The highest BCUT2D eigenvalue weighted by Crippen LogP contribution is 2.35. The van der Waals surface area contributed by atoms with Gasteiger partial charge in [-0.15, -0.1) is 0 Å². The van der Waals surface area contributed by atoms with Crippen molar-refractivity contribution in [3.05, 3.63) is 0 Å². The molecule has 1 aliphatic carbocycles. The van der Waals surface area contributed by atoms with Gasteiger partial charge in [0.25, 0.3) is 0 Å². The molecule has 1 fully saturated rings. The molecule has 100 valence electrons. The van der Waals surface area contributed by atoms with Gasteiger partial charge in [0.2, 0.25) is 0 Å². The van der Waals surface area contributed by atoms with E-state index in [9.17, 15) is 4.79 Å². The maximum absolute atomic E-state index is 12.1. The van der Waals surface area contributed by atoms with E-state index >= 15 is 0 Å². The van der Waals surface area contributed by atoms with Gasteiger partial charge in [0.1, 0.15) is 0 Å². The molecule has 0 aromatic heterocycles. The van der Waals surface area contributed by atoms with Crippen molar-refractivity contribution >= 4 is 6.03 Å². The summed E-state index contributed by atoms with van der Waals surface area (Å²) in [4.78, 5) is 14.0. The van der Waals surface area contributed by atoms with E-state index in [1.54, 1.807) is 7.11 Å². The summed E-state index contributed by atoms with van der Waals surface area (Å²) in [6, 6.07) is 0.404. The molecule has 0 radical (unpaired) electrons. The van der Waals surface area contributed by atoms with Crippen molar-refractivity contribution in [2.24, 2.45) is 5.92 Å². The van der Waals surface area contributed by atoms with E-state index in [0.29, 0.717) is 25.1 Å². The number of ether oxygens (including phenoxy) is 1. The minimum Gasteiger partial charge on any atom is -0.383 e. The zero-order valence-electron chi connectivity index (χ0n) is 11.4. The zero-order valence-corrected chi connectivity index (χ0v) is 11.4. The lowest BCUT2D eigenvalue weighted by molar-refractivity contribution is 0.127. The highest BCUT2D eigenvalue weighted by atomic mass is 16.5. The van der Waals surface area contributed by atoms with Gasteiger partial charge in [-0.3, -0.25) is 0 Å². The number of nitrogens with zero attached hydrogens (tertiary/aromatic N) is 1. The number of rotatable bonds is 8. The zero-order chi connectivity index (χ0) is 12.7. The van der Waals surface area contributed by atoms with Crippen LogP contribution in [-0.2, 0) is 4.74 Å². The molecule has 4 nitrogen and oxygen atoms in total. The van der Waals surface area contributed by atoms with Gasteiger partial charge in [0.15, 0.2) is 0 Å². The normalized spacial score (nSPS) is 16.6. The summed E-state index contributed by atoms with van der Waals surface area (Å²) in [5.41, 5.74) is 0. The van der Waals surface area contributed by atoms with E-state index in [0.717, 1.165) is 19.4 Å². The Labute approximate surface area is 105 Å². The van der Waals surface area contributed by atoms with Crippen LogP contribution in [0.4, 0.5) is 4.79 Å². The van der Waals surface area contributed by atoms with E-state index in [2.05, 4.69) is 19.2 Å². The second-order valence-electron chi connectivity index (χ2n) is 4.85. The molecule has 1 aliphatic rings. The van der Waals surface area contributed by atoms with Crippen LogP contribution in [0.5, 0.6) is 0 Å². The van der Waals surface area contributed by atoms with Crippen molar-refractivity contribution < 1.29 is 9.53 Å². The first-order chi connectivity index (χ1) is 8.20. The molecular formula is C13H26N2O2.